The lowest BCUT2D eigenvalue weighted by Crippen LogP contribution is -2.52. The summed E-state index contributed by atoms with van der Waals surface area (Å²) in [6, 6.07) is 11.4. The minimum atomic E-state index is -0.512. The van der Waals surface area contributed by atoms with Gasteiger partial charge in [-0.15, -0.1) is 11.3 Å². The van der Waals surface area contributed by atoms with Crippen LogP contribution in [0.5, 0.6) is 0 Å². The SMILES string of the molecule is Cc1cc(/C=C2\C(=O)NC(=S)N(C)C2=O)c(C)n1-c1sc2c(c1C(=O)Nc1ccccc1)CCCC2. The third kappa shape index (κ3) is 4.18. The number of carbonyl (C=O) groups is 3. The number of likely N-dealkylation sites (N-methyl/N-ethyl adjacent to an activating group) is 1. The Kier molecular flexibility index (Phi) is 6.36. The minimum Gasteiger partial charge on any atom is -0.322 e. The molecule has 3 aromatic rings. The molecule has 0 spiro atoms. The van der Waals surface area contributed by atoms with E-state index in [9.17, 15) is 14.4 Å². The highest BCUT2D eigenvalue weighted by atomic mass is 32.1. The van der Waals surface area contributed by atoms with E-state index in [0.29, 0.717) is 5.56 Å². The molecule has 184 valence electrons. The average molecular weight is 519 g/mol. The molecule has 3 amide bonds. The van der Waals surface area contributed by atoms with Crippen LogP contribution in [0.4, 0.5) is 5.69 Å². The Morgan fingerprint density at radius 2 is 1.86 bits per heavy atom. The Bertz CT molecular complexity index is 1450. The number of anilines is 1. The van der Waals surface area contributed by atoms with E-state index < -0.39 is 11.8 Å². The van der Waals surface area contributed by atoms with Crippen molar-refractivity contribution in [2.45, 2.75) is 39.5 Å². The molecule has 0 radical (unpaired) electrons. The van der Waals surface area contributed by atoms with E-state index in [1.807, 2.05) is 50.2 Å². The van der Waals surface area contributed by atoms with Crippen molar-refractivity contribution < 1.29 is 14.4 Å². The van der Waals surface area contributed by atoms with Gasteiger partial charge in [0.05, 0.1) is 5.56 Å². The average Bonchev–Trinajstić information content (AvgIpc) is 3.37. The first-order valence-corrected chi connectivity index (χ1v) is 13.0. The molecular weight excluding hydrogens is 492 g/mol. The van der Waals surface area contributed by atoms with Crippen molar-refractivity contribution in [2.75, 3.05) is 12.4 Å². The van der Waals surface area contributed by atoms with Crippen LogP contribution in [-0.4, -0.2) is 39.3 Å². The monoisotopic (exact) mass is 518 g/mol. The molecule has 1 aromatic carbocycles. The van der Waals surface area contributed by atoms with Crippen molar-refractivity contribution in [2.24, 2.45) is 0 Å². The number of amides is 3. The van der Waals surface area contributed by atoms with Gasteiger partial charge >= 0.3 is 0 Å². The molecule has 1 fully saturated rings. The Balaban J connectivity index is 1.60. The van der Waals surface area contributed by atoms with E-state index >= 15 is 0 Å². The Morgan fingerprint density at radius 1 is 1.14 bits per heavy atom. The van der Waals surface area contributed by atoms with Gasteiger partial charge in [0.2, 0.25) is 0 Å². The maximum atomic E-state index is 13.6. The topological polar surface area (TPSA) is 83.4 Å². The number of hydrogen-bond acceptors (Lipinski definition) is 5. The number of para-hydroxylation sites is 1. The molecule has 9 heteroatoms. The Labute approximate surface area is 218 Å². The van der Waals surface area contributed by atoms with Crippen molar-refractivity contribution >= 4 is 58.2 Å². The predicted molar refractivity (Wildman–Crippen MR) is 146 cm³/mol. The van der Waals surface area contributed by atoms with E-state index in [2.05, 4.69) is 15.2 Å². The number of benzene rings is 1. The number of carbonyl (C=O) groups excluding carboxylic acids is 3. The molecule has 0 atom stereocenters. The maximum Gasteiger partial charge on any atom is 0.265 e. The van der Waals surface area contributed by atoms with Crippen molar-refractivity contribution in [1.29, 1.82) is 0 Å². The zero-order valence-corrected chi connectivity index (χ0v) is 21.9. The highest BCUT2D eigenvalue weighted by molar-refractivity contribution is 7.80. The summed E-state index contributed by atoms with van der Waals surface area (Å²) in [5.41, 5.74) is 5.12. The van der Waals surface area contributed by atoms with Gasteiger partial charge in [-0.3, -0.25) is 24.6 Å². The number of fused-ring (bicyclic) bond motifs is 1. The lowest BCUT2D eigenvalue weighted by Gasteiger charge is -2.25. The molecule has 1 saturated heterocycles. The molecule has 2 aliphatic rings. The third-order valence-corrected chi connectivity index (χ3v) is 8.34. The van der Waals surface area contributed by atoms with Gasteiger partial charge in [0.25, 0.3) is 17.7 Å². The second-order valence-corrected chi connectivity index (χ2v) is 10.5. The highest BCUT2D eigenvalue weighted by Gasteiger charge is 2.32. The summed E-state index contributed by atoms with van der Waals surface area (Å²) in [7, 11) is 1.54. The summed E-state index contributed by atoms with van der Waals surface area (Å²) in [5, 5.41) is 6.57. The number of thiophene rings is 1. The van der Waals surface area contributed by atoms with Crippen molar-refractivity contribution in [3.8, 4) is 5.00 Å². The molecule has 0 saturated carbocycles. The fourth-order valence-electron chi connectivity index (χ4n) is 4.81. The standard InChI is InChI=1S/C27H26N4O3S2/c1-15-13-17(14-20-23(32)29-27(35)30(3)25(20)34)16(2)31(15)26-22(19-11-7-8-12-21(19)36-26)24(33)28-18-9-5-4-6-10-18/h4-6,9-10,13-14H,7-8,11-12H2,1-3H3,(H,28,33)(H,29,32,35)/b20-14+. The predicted octanol–water partition coefficient (Wildman–Crippen LogP) is 4.54. The van der Waals surface area contributed by atoms with Crippen LogP contribution in [0.3, 0.4) is 0 Å². The van der Waals surface area contributed by atoms with Crippen LogP contribution in [0.2, 0.25) is 0 Å². The van der Waals surface area contributed by atoms with Gasteiger partial charge in [-0.1, -0.05) is 18.2 Å². The summed E-state index contributed by atoms with van der Waals surface area (Å²) in [4.78, 5) is 41.3. The minimum absolute atomic E-state index is 0.0267. The molecule has 2 aromatic heterocycles. The second-order valence-electron chi connectivity index (χ2n) is 9.05. The van der Waals surface area contributed by atoms with Gasteiger partial charge in [-0.05, 0) is 87.2 Å². The van der Waals surface area contributed by atoms with Crippen molar-refractivity contribution in [1.82, 2.24) is 14.8 Å². The Morgan fingerprint density at radius 3 is 2.61 bits per heavy atom. The van der Waals surface area contributed by atoms with Crippen LogP contribution in [0.15, 0.2) is 42.0 Å². The van der Waals surface area contributed by atoms with E-state index in [1.165, 1.54) is 16.8 Å². The number of aryl methyl sites for hydroxylation is 2. The van der Waals surface area contributed by atoms with Gasteiger partial charge in [-0.2, -0.15) is 0 Å². The van der Waals surface area contributed by atoms with Crippen LogP contribution in [-0.2, 0) is 22.4 Å². The molecular formula is C27H26N4O3S2. The summed E-state index contributed by atoms with van der Waals surface area (Å²) in [6.07, 6.45) is 5.61. The molecule has 2 N–H and O–H groups in total. The zero-order valence-electron chi connectivity index (χ0n) is 20.3. The van der Waals surface area contributed by atoms with E-state index in [-0.39, 0.29) is 16.6 Å². The van der Waals surface area contributed by atoms with Crippen LogP contribution >= 0.6 is 23.6 Å². The van der Waals surface area contributed by atoms with E-state index in [0.717, 1.165) is 58.9 Å². The maximum absolute atomic E-state index is 13.6. The van der Waals surface area contributed by atoms with Gasteiger partial charge < -0.3 is 9.88 Å². The molecule has 0 bridgehead atoms. The first-order valence-electron chi connectivity index (χ1n) is 11.8. The molecule has 5 rings (SSSR count). The van der Waals surface area contributed by atoms with Crippen molar-refractivity contribution in [3.63, 3.8) is 0 Å². The number of nitrogens with zero attached hydrogens (tertiary/aromatic N) is 2. The molecule has 0 unspecified atom stereocenters. The van der Waals surface area contributed by atoms with Gasteiger partial charge in [-0.25, -0.2) is 0 Å². The first kappa shape index (κ1) is 24.1. The van der Waals surface area contributed by atoms with E-state index in [4.69, 9.17) is 12.2 Å². The molecule has 3 heterocycles. The fourth-order valence-corrected chi connectivity index (χ4v) is 6.48. The van der Waals surface area contributed by atoms with Crippen LogP contribution in [0, 0.1) is 13.8 Å². The smallest absolute Gasteiger partial charge is 0.265 e. The molecule has 1 aliphatic carbocycles. The van der Waals surface area contributed by atoms with Gasteiger partial charge in [0, 0.05) is 29.0 Å². The van der Waals surface area contributed by atoms with Crippen LogP contribution in [0.25, 0.3) is 11.1 Å². The summed E-state index contributed by atoms with van der Waals surface area (Å²) < 4.78 is 2.06. The number of rotatable bonds is 4. The quantitative estimate of drug-likeness (QED) is 0.302. The number of aromatic nitrogens is 1. The third-order valence-electron chi connectivity index (χ3n) is 6.69. The summed E-state index contributed by atoms with van der Waals surface area (Å²) in [5.74, 6) is -1.08. The Hall–Kier alpha value is -3.56. The molecule has 36 heavy (non-hydrogen) atoms. The highest BCUT2D eigenvalue weighted by Crippen LogP contribution is 2.39. The summed E-state index contributed by atoms with van der Waals surface area (Å²) >= 11 is 6.70. The fraction of sp³-hybridized carbons (Fsp3) is 0.259. The lowest BCUT2D eigenvalue weighted by molar-refractivity contribution is -0.128. The number of thiocarbonyl (C=S) groups is 1. The summed E-state index contributed by atoms with van der Waals surface area (Å²) in [6.45, 7) is 3.91. The van der Waals surface area contributed by atoms with E-state index in [1.54, 1.807) is 17.4 Å². The van der Waals surface area contributed by atoms with Crippen LogP contribution < -0.4 is 10.6 Å². The van der Waals surface area contributed by atoms with Crippen LogP contribution in [0.1, 0.15) is 50.6 Å². The van der Waals surface area contributed by atoms with Crippen molar-refractivity contribution in [3.05, 3.63) is 74.9 Å². The zero-order chi connectivity index (χ0) is 25.6. The second kappa shape index (κ2) is 9.48. The number of hydrogen-bond donors (Lipinski definition) is 2. The largest absolute Gasteiger partial charge is 0.322 e. The lowest BCUT2D eigenvalue weighted by atomic mass is 9.95. The number of nitrogens with one attached hydrogen (secondary N) is 2. The molecule has 1 aliphatic heterocycles. The van der Waals surface area contributed by atoms with Gasteiger partial charge in [0.1, 0.15) is 10.6 Å². The van der Waals surface area contributed by atoms with Gasteiger partial charge in [0.15, 0.2) is 5.11 Å². The molecule has 7 nitrogen and oxygen atoms in total. The first-order chi connectivity index (χ1) is 17.3. The normalized spacial score (nSPS) is 16.8.